The van der Waals surface area contributed by atoms with E-state index in [9.17, 15) is 4.79 Å². The zero-order valence-corrected chi connectivity index (χ0v) is 15.3. The van der Waals surface area contributed by atoms with Crippen LogP contribution in [0.5, 0.6) is 5.75 Å². The zero-order valence-electron chi connectivity index (χ0n) is 15.3. The highest BCUT2D eigenvalue weighted by Gasteiger charge is 2.22. The van der Waals surface area contributed by atoms with Crippen LogP contribution in [0.25, 0.3) is 11.0 Å². The number of hydrogen-bond donors (Lipinski definition) is 0. The van der Waals surface area contributed by atoms with E-state index in [0.717, 1.165) is 41.3 Å². The molecule has 0 atom stereocenters. The third kappa shape index (κ3) is 3.84. The summed E-state index contributed by atoms with van der Waals surface area (Å²) < 4.78 is 5.68. The number of rotatable bonds is 4. The fourth-order valence-electron chi connectivity index (χ4n) is 3.23. The van der Waals surface area contributed by atoms with Crippen molar-refractivity contribution in [3.63, 3.8) is 0 Å². The van der Waals surface area contributed by atoms with Crippen molar-refractivity contribution < 1.29 is 9.53 Å². The molecule has 4 rings (SSSR count). The molecule has 1 aromatic heterocycles. The Hall–Kier alpha value is -3.15. The maximum Gasteiger partial charge on any atom is 0.260 e. The van der Waals surface area contributed by atoms with Crippen LogP contribution in [0.4, 0.5) is 5.82 Å². The Labute approximate surface area is 158 Å². The van der Waals surface area contributed by atoms with Crippen LogP contribution in [0.1, 0.15) is 5.56 Å². The minimum Gasteiger partial charge on any atom is -0.484 e. The second-order valence-electron chi connectivity index (χ2n) is 6.64. The first kappa shape index (κ1) is 17.3. The number of carbonyl (C=O) groups is 1. The highest BCUT2D eigenvalue weighted by atomic mass is 16.5. The van der Waals surface area contributed by atoms with Gasteiger partial charge in [0.2, 0.25) is 0 Å². The minimum absolute atomic E-state index is 0.0162. The molecule has 0 radical (unpaired) electrons. The maximum atomic E-state index is 12.5. The summed E-state index contributed by atoms with van der Waals surface area (Å²) in [6.45, 7) is 4.84. The van der Waals surface area contributed by atoms with Crippen LogP contribution in [-0.4, -0.2) is 53.6 Å². The Morgan fingerprint density at radius 1 is 1.00 bits per heavy atom. The van der Waals surface area contributed by atoms with Crippen molar-refractivity contribution in [1.29, 1.82) is 0 Å². The van der Waals surface area contributed by atoms with Crippen molar-refractivity contribution in [1.82, 2.24) is 14.9 Å². The van der Waals surface area contributed by atoms with Crippen LogP contribution >= 0.6 is 0 Å². The smallest absolute Gasteiger partial charge is 0.260 e. The summed E-state index contributed by atoms with van der Waals surface area (Å²) in [4.78, 5) is 25.6. The number of ether oxygens (including phenoxy) is 1. The van der Waals surface area contributed by atoms with Gasteiger partial charge in [-0.3, -0.25) is 9.78 Å². The van der Waals surface area contributed by atoms with Crippen molar-refractivity contribution in [2.24, 2.45) is 0 Å². The number of fused-ring (bicyclic) bond motifs is 1. The third-order valence-corrected chi connectivity index (χ3v) is 4.84. The molecule has 3 aromatic rings. The van der Waals surface area contributed by atoms with Crippen molar-refractivity contribution in [3.8, 4) is 5.75 Å². The van der Waals surface area contributed by atoms with Gasteiger partial charge in [0.05, 0.1) is 17.2 Å². The van der Waals surface area contributed by atoms with Crippen molar-refractivity contribution >= 4 is 22.8 Å². The van der Waals surface area contributed by atoms with E-state index < -0.39 is 0 Å². The van der Waals surface area contributed by atoms with E-state index in [2.05, 4.69) is 14.9 Å². The molecule has 6 nitrogen and oxygen atoms in total. The Kier molecular flexibility index (Phi) is 4.87. The summed E-state index contributed by atoms with van der Waals surface area (Å²) in [7, 11) is 0. The number of nitrogens with zero attached hydrogens (tertiary/aromatic N) is 4. The molecule has 1 amide bonds. The summed E-state index contributed by atoms with van der Waals surface area (Å²) >= 11 is 0. The van der Waals surface area contributed by atoms with Gasteiger partial charge in [0.15, 0.2) is 6.61 Å². The van der Waals surface area contributed by atoms with Gasteiger partial charge in [-0.15, -0.1) is 0 Å². The lowest BCUT2D eigenvalue weighted by molar-refractivity contribution is -0.133. The number of amides is 1. The molecule has 2 aromatic carbocycles. The Balaban J connectivity index is 1.34. The lowest BCUT2D eigenvalue weighted by Crippen LogP contribution is -2.50. The molecule has 0 spiro atoms. The number of aryl methyl sites for hydroxylation is 1. The van der Waals surface area contributed by atoms with Crippen LogP contribution in [0.15, 0.2) is 54.7 Å². The molecule has 138 valence electrons. The predicted molar refractivity (Wildman–Crippen MR) is 105 cm³/mol. The van der Waals surface area contributed by atoms with E-state index >= 15 is 0 Å². The summed E-state index contributed by atoms with van der Waals surface area (Å²) in [6.07, 6.45) is 1.81. The number of carbonyl (C=O) groups excluding carboxylic acids is 1. The van der Waals surface area contributed by atoms with Crippen molar-refractivity contribution in [2.45, 2.75) is 6.92 Å². The van der Waals surface area contributed by atoms with Crippen LogP contribution in [0.2, 0.25) is 0 Å². The van der Waals surface area contributed by atoms with Crippen LogP contribution in [0.3, 0.4) is 0 Å². The van der Waals surface area contributed by atoms with Crippen LogP contribution in [-0.2, 0) is 4.79 Å². The lowest BCUT2D eigenvalue weighted by atomic mass is 10.2. The quantitative estimate of drug-likeness (QED) is 0.714. The topological polar surface area (TPSA) is 58.6 Å². The monoisotopic (exact) mass is 362 g/mol. The van der Waals surface area contributed by atoms with Gasteiger partial charge in [-0.25, -0.2) is 4.98 Å². The first-order valence-electron chi connectivity index (χ1n) is 9.13. The standard InChI is InChI=1S/C21H22N4O2/c1-16-6-2-5-9-19(16)27-15-21(26)25-12-10-24(11-13-25)20-14-22-17-7-3-4-8-18(17)23-20/h2-9,14H,10-13,15H2,1H3. The van der Waals surface area contributed by atoms with Crippen LogP contribution in [0, 0.1) is 6.92 Å². The highest BCUT2D eigenvalue weighted by Crippen LogP contribution is 2.18. The molecule has 0 aliphatic carbocycles. The third-order valence-electron chi connectivity index (χ3n) is 4.84. The van der Waals surface area contributed by atoms with Gasteiger partial charge >= 0.3 is 0 Å². The first-order valence-corrected chi connectivity index (χ1v) is 9.13. The molecule has 1 aliphatic heterocycles. The number of anilines is 1. The molecule has 0 bridgehead atoms. The first-order chi connectivity index (χ1) is 13.2. The maximum absolute atomic E-state index is 12.5. The molecular weight excluding hydrogens is 340 g/mol. The number of para-hydroxylation sites is 3. The van der Waals surface area contributed by atoms with Gasteiger partial charge < -0.3 is 14.5 Å². The summed E-state index contributed by atoms with van der Waals surface area (Å²) in [5.74, 6) is 1.63. The average molecular weight is 362 g/mol. The minimum atomic E-state index is 0.0162. The van der Waals surface area contributed by atoms with Gasteiger partial charge in [0.25, 0.3) is 5.91 Å². The summed E-state index contributed by atoms with van der Waals surface area (Å²) in [6, 6.07) is 15.6. The SMILES string of the molecule is Cc1ccccc1OCC(=O)N1CCN(c2cnc3ccccc3n2)CC1. The molecule has 6 heteroatoms. The van der Waals surface area contributed by atoms with Gasteiger partial charge in [-0.05, 0) is 30.7 Å². The fourth-order valence-corrected chi connectivity index (χ4v) is 3.23. The number of benzene rings is 2. The second kappa shape index (κ2) is 7.61. The highest BCUT2D eigenvalue weighted by molar-refractivity contribution is 5.78. The van der Waals surface area contributed by atoms with E-state index in [4.69, 9.17) is 4.74 Å². The molecule has 0 N–H and O–H groups in total. The van der Waals surface area contributed by atoms with E-state index in [1.54, 1.807) is 6.20 Å². The van der Waals surface area contributed by atoms with Crippen LogP contribution < -0.4 is 9.64 Å². The number of aromatic nitrogens is 2. The molecule has 1 fully saturated rings. The van der Waals surface area contributed by atoms with E-state index in [1.165, 1.54) is 0 Å². The molecule has 27 heavy (non-hydrogen) atoms. The van der Waals surface area contributed by atoms with E-state index in [-0.39, 0.29) is 12.5 Å². The second-order valence-corrected chi connectivity index (χ2v) is 6.64. The molecule has 2 heterocycles. The summed E-state index contributed by atoms with van der Waals surface area (Å²) in [5, 5.41) is 0. The number of piperazine rings is 1. The Bertz CT molecular complexity index is 952. The van der Waals surface area contributed by atoms with Gasteiger partial charge in [0, 0.05) is 26.2 Å². The van der Waals surface area contributed by atoms with Gasteiger partial charge in [0.1, 0.15) is 11.6 Å². The zero-order chi connectivity index (χ0) is 18.6. The Morgan fingerprint density at radius 3 is 2.48 bits per heavy atom. The molecular formula is C21H22N4O2. The van der Waals surface area contributed by atoms with Gasteiger partial charge in [-0.2, -0.15) is 0 Å². The largest absolute Gasteiger partial charge is 0.484 e. The van der Waals surface area contributed by atoms with Crippen molar-refractivity contribution in [3.05, 3.63) is 60.3 Å². The van der Waals surface area contributed by atoms with E-state index in [1.807, 2.05) is 60.4 Å². The Morgan fingerprint density at radius 2 is 1.70 bits per heavy atom. The summed E-state index contributed by atoms with van der Waals surface area (Å²) in [5.41, 5.74) is 2.81. The van der Waals surface area contributed by atoms with E-state index in [0.29, 0.717) is 13.1 Å². The number of hydrogen-bond acceptors (Lipinski definition) is 5. The lowest BCUT2D eigenvalue weighted by Gasteiger charge is -2.35. The normalized spacial score (nSPS) is 14.4. The predicted octanol–water partition coefficient (Wildman–Crippen LogP) is 2.67. The fraction of sp³-hybridized carbons (Fsp3) is 0.286. The van der Waals surface area contributed by atoms with Gasteiger partial charge in [-0.1, -0.05) is 30.3 Å². The molecule has 1 saturated heterocycles. The molecule has 0 unspecified atom stereocenters. The van der Waals surface area contributed by atoms with Crippen molar-refractivity contribution in [2.75, 3.05) is 37.7 Å². The average Bonchev–Trinajstić information content (AvgIpc) is 2.73. The molecule has 1 aliphatic rings. The molecule has 0 saturated carbocycles.